The van der Waals surface area contributed by atoms with E-state index in [2.05, 4.69) is 10.1 Å². The molecule has 0 fully saturated rings. The molecule has 2 heterocycles. The first-order valence-electron chi connectivity index (χ1n) is 6.00. The summed E-state index contributed by atoms with van der Waals surface area (Å²) in [5.41, 5.74) is 4.39. The summed E-state index contributed by atoms with van der Waals surface area (Å²) in [4.78, 5) is 4.13. The summed E-state index contributed by atoms with van der Waals surface area (Å²) in [5, 5.41) is 13.8. The minimum absolute atomic E-state index is 0.0203. The minimum atomic E-state index is 0.0203. The van der Waals surface area contributed by atoms with E-state index in [4.69, 9.17) is 0 Å². The van der Waals surface area contributed by atoms with Crippen molar-refractivity contribution in [3.8, 4) is 5.69 Å². The van der Waals surface area contributed by atoms with E-state index < -0.39 is 0 Å². The van der Waals surface area contributed by atoms with Crippen LogP contribution in [0.15, 0.2) is 24.7 Å². The van der Waals surface area contributed by atoms with Gasteiger partial charge in [0.15, 0.2) is 0 Å². The Kier molecular flexibility index (Phi) is 2.65. The van der Waals surface area contributed by atoms with Crippen molar-refractivity contribution < 1.29 is 5.11 Å². The van der Waals surface area contributed by atoms with Gasteiger partial charge < -0.3 is 5.11 Å². The van der Waals surface area contributed by atoms with Crippen molar-refractivity contribution >= 4 is 0 Å². The zero-order chi connectivity index (χ0) is 11.7. The number of aryl methyl sites for hydroxylation is 1. The number of hydrogen-bond donors (Lipinski definition) is 1. The molecule has 88 valence electrons. The number of rotatable bonds is 2. The molecule has 0 bridgehead atoms. The second-order valence-electron chi connectivity index (χ2n) is 4.40. The van der Waals surface area contributed by atoms with Gasteiger partial charge in [-0.1, -0.05) is 0 Å². The normalized spacial score (nSPS) is 14.6. The van der Waals surface area contributed by atoms with Crippen LogP contribution in [0.25, 0.3) is 5.69 Å². The lowest BCUT2D eigenvalue weighted by atomic mass is 9.98. The molecule has 0 saturated carbocycles. The van der Waals surface area contributed by atoms with Crippen LogP contribution < -0.4 is 0 Å². The van der Waals surface area contributed by atoms with Crippen molar-refractivity contribution in [1.29, 1.82) is 0 Å². The summed E-state index contributed by atoms with van der Waals surface area (Å²) in [5.74, 6) is 0. The van der Waals surface area contributed by atoms with Crippen LogP contribution in [0.2, 0.25) is 0 Å². The van der Waals surface area contributed by atoms with Crippen LogP contribution in [0.5, 0.6) is 0 Å². The fourth-order valence-electron chi connectivity index (χ4n) is 2.44. The van der Waals surface area contributed by atoms with Gasteiger partial charge in [0.2, 0.25) is 0 Å². The summed E-state index contributed by atoms with van der Waals surface area (Å²) in [6.45, 7) is 0.0203. The Morgan fingerprint density at radius 1 is 1.24 bits per heavy atom. The van der Waals surface area contributed by atoms with E-state index in [0.29, 0.717) is 0 Å². The highest BCUT2D eigenvalue weighted by Gasteiger charge is 2.17. The van der Waals surface area contributed by atoms with Gasteiger partial charge in [-0.05, 0) is 37.3 Å². The summed E-state index contributed by atoms with van der Waals surface area (Å²) in [6.07, 6.45) is 10.1. The van der Waals surface area contributed by atoms with Gasteiger partial charge in [0.25, 0.3) is 0 Å². The molecule has 3 rings (SSSR count). The van der Waals surface area contributed by atoms with Crippen LogP contribution in [0.4, 0.5) is 0 Å². The molecular weight excluding hydrogens is 214 g/mol. The number of fused-ring (bicyclic) bond motifs is 1. The van der Waals surface area contributed by atoms with E-state index >= 15 is 0 Å². The average Bonchev–Trinajstić information content (AvgIpc) is 2.82. The van der Waals surface area contributed by atoms with Gasteiger partial charge in [0, 0.05) is 17.5 Å². The first-order valence-corrected chi connectivity index (χ1v) is 6.00. The molecule has 0 aromatic carbocycles. The fraction of sp³-hybridized carbons (Fsp3) is 0.385. The van der Waals surface area contributed by atoms with E-state index in [1.54, 1.807) is 12.4 Å². The molecule has 1 aliphatic carbocycles. The molecule has 1 N–H and O–H groups in total. The molecule has 1 aliphatic rings. The molecule has 4 nitrogen and oxygen atoms in total. The Morgan fingerprint density at radius 2 is 2.12 bits per heavy atom. The summed E-state index contributed by atoms with van der Waals surface area (Å²) >= 11 is 0. The quantitative estimate of drug-likeness (QED) is 0.851. The van der Waals surface area contributed by atoms with Crippen molar-refractivity contribution in [2.75, 3.05) is 0 Å². The maximum atomic E-state index is 9.35. The molecule has 0 aliphatic heterocycles. The lowest BCUT2D eigenvalue weighted by molar-refractivity contribution is 0.281. The number of aliphatic hydroxyl groups is 1. The first-order chi connectivity index (χ1) is 8.40. The van der Waals surface area contributed by atoms with E-state index in [1.165, 1.54) is 24.1 Å². The monoisotopic (exact) mass is 229 g/mol. The fourth-order valence-corrected chi connectivity index (χ4v) is 2.44. The Morgan fingerprint density at radius 3 is 3.00 bits per heavy atom. The third kappa shape index (κ3) is 1.74. The molecule has 0 saturated heterocycles. The lowest BCUT2D eigenvalue weighted by Gasteiger charge is -2.15. The topological polar surface area (TPSA) is 50.9 Å². The second-order valence-corrected chi connectivity index (χ2v) is 4.40. The molecule has 0 spiro atoms. The lowest BCUT2D eigenvalue weighted by Crippen LogP contribution is -2.10. The zero-order valence-corrected chi connectivity index (χ0v) is 9.63. The molecule has 2 aromatic rings. The van der Waals surface area contributed by atoms with E-state index in [9.17, 15) is 5.11 Å². The van der Waals surface area contributed by atoms with Crippen molar-refractivity contribution in [3.05, 3.63) is 41.5 Å². The van der Waals surface area contributed by atoms with Gasteiger partial charge in [-0.2, -0.15) is 5.10 Å². The number of pyridine rings is 1. The molecule has 0 atom stereocenters. The van der Waals surface area contributed by atoms with Gasteiger partial charge in [0.05, 0.1) is 24.7 Å². The maximum absolute atomic E-state index is 9.35. The SMILES string of the molecule is OCc1ccncc1-n1ncc2c1CCCC2. The Hall–Kier alpha value is -1.68. The van der Waals surface area contributed by atoms with E-state index in [0.717, 1.165) is 24.1 Å². The minimum Gasteiger partial charge on any atom is -0.392 e. The summed E-state index contributed by atoms with van der Waals surface area (Å²) in [6, 6.07) is 1.84. The van der Waals surface area contributed by atoms with Gasteiger partial charge in [0.1, 0.15) is 0 Å². The number of aromatic nitrogens is 3. The predicted molar refractivity (Wildman–Crippen MR) is 63.9 cm³/mol. The van der Waals surface area contributed by atoms with Crippen molar-refractivity contribution in [1.82, 2.24) is 14.8 Å². The van der Waals surface area contributed by atoms with E-state index in [1.807, 2.05) is 16.9 Å². The number of hydrogen-bond acceptors (Lipinski definition) is 3. The molecular formula is C13H15N3O. The zero-order valence-electron chi connectivity index (χ0n) is 9.63. The highest BCUT2D eigenvalue weighted by molar-refractivity contribution is 5.40. The largest absolute Gasteiger partial charge is 0.392 e. The Bertz CT molecular complexity index is 533. The third-order valence-electron chi connectivity index (χ3n) is 3.35. The molecule has 2 aromatic heterocycles. The molecule has 0 unspecified atom stereocenters. The van der Waals surface area contributed by atoms with Gasteiger partial charge in [-0.3, -0.25) is 4.98 Å². The van der Waals surface area contributed by atoms with Crippen molar-refractivity contribution in [2.24, 2.45) is 0 Å². The maximum Gasteiger partial charge on any atom is 0.0887 e. The standard InChI is InChI=1S/C13H15N3O/c17-9-11-5-6-14-8-13(11)16-12-4-2-1-3-10(12)7-15-16/h5-8,17H,1-4,9H2. The van der Waals surface area contributed by atoms with Crippen LogP contribution in [0.3, 0.4) is 0 Å². The van der Waals surface area contributed by atoms with Crippen LogP contribution in [0, 0.1) is 0 Å². The number of nitrogens with zero attached hydrogens (tertiary/aromatic N) is 3. The van der Waals surface area contributed by atoms with E-state index in [-0.39, 0.29) is 6.61 Å². The van der Waals surface area contributed by atoms with Crippen molar-refractivity contribution in [2.45, 2.75) is 32.3 Å². The smallest absolute Gasteiger partial charge is 0.0887 e. The van der Waals surface area contributed by atoms with Gasteiger partial charge in [-0.25, -0.2) is 4.68 Å². The molecule has 17 heavy (non-hydrogen) atoms. The molecule has 0 radical (unpaired) electrons. The molecule has 4 heteroatoms. The van der Waals surface area contributed by atoms with Crippen molar-refractivity contribution in [3.63, 3.8) is 0 Å². The highest BCUT2D eigenvalue weighted by atomic mass is 16.3. The first kappa shape index (κ1) is 10.5. The second kappa shape index (κ2) is 4.30. The third-order valence-corrected chi connectivity index (χ3v) is 3.35. The number of aliphatic hydroxyl groups excluding tert-OH is 1. The van der Waals surface area contributed by atoms with Gasteiger partial charge in [-0.15, -0.1) is 0 Å². The van der Waals surface area contributed by atoms with Gasteiger partial charge >= 0.3 is 0 Å². The van der Waals surface area contributed by atoms with Crippen LogP contribution >= 0.6 is 0 Å². The van der Waals surface area contributed by atoms with Crippen LogP contribution in [0.1, 0.15) is 29.7 Å². The summed E-state index contributed by atoms with van der Waals surface area (Å²) in [7, 11) is 0. The Balaban J connectivity index is 2.12. The van der Waals surface area contributed by atoms with Crippen LogP contribution in [-0.4, -0.2) is 19.9 Å². The predicted octanol–water partition coefficient (Wildman–Crippen LogP) is 1.64. The van der Waals surface area contributed by atoms with Crippen LogP contribution in [-0.2, 0) is 19.4 Å². The molecule has 0 amide bonds. The average molecular weight is 229 g/mol. The highest BCUT2D eigenvalue weighted by Crippen LogP contribution is 2.24. The Labute approximate surface area is 99.9 Å². The summed E-state index contributed by atoms with van der Waals surface area (Å²) < 4.78 is 1.94.